The molecule has 38 heavy (non-hydrogen) atoms. The minimum Gasteiger partial charge on any atom is -0.481 e. The smallest absolute Gasteiger partial charge is 0.320 e. The quantitative estimate of drug-likeness (QED) is 0.229. The molecule has 0 spiro atoms. The normalized spacial score (nSPS) is 16.9. The SMILES string of the molecule is O=C(O)C[C@H]1CC[C@H](c2ccc(NC(=O)c3nnc(Nc4ccc(Oc5ccccc5)cc4)o3)cc2)CC1. The fourth-order valence-corrected chi connectivity index (χ4v) is 4.69. The van der Waals surface area contributed by atoms with Crippen LogP contribution in [-0.2, 0) is 4.79 Å². The van der Waals surface area contributed by atoms with E-state index in [9.17, 15) is 9.59 Å². The average Bonchev–Trinajstić information content (AvgIpc) is 3.40. The molecule has 9 heteroatoms. The van der Waals surface area contributed by atoms with Gasteiger partial charge in [0.05, 0.1) is 0 Å². The van der Waals surface area contributed by atoms with Gasteiger partial charge < -0.3 is 24.9 Å². The van der Waals surface area contributed by atoms with Crippen molar-refractivity contribution in [3.05, 3.63) is 90.3 Å². The van der Waals surface area contributed by atoms with Crippen molar-refractivity contribution in [3.63, 3.8) is 0 Å². The Bertz CT molecular complexity index is 1360. The first-order valence-electron chi connectivity index (χ1n) is 12.6. The molecule has 0 radical (unpaired) electrons. The molecule has 9 nitrogen and oxygen atoms in total. The van der Waals surface area contributed by atoms with Crippen LogP contribution in [-0.4, -0.2) is 27.2 Å². The Morgan fingerprint density at radius 3 is 2.18 bits per heavy atom. The summed E-state index contributed by atoms with van der Waals surface area (Å²) in [5, 5.41) is 22.5. The second-order valence-electron chi connectivity index (χ2n) is 9.37. The lowest BCUT2D eigenvalue weighted by Crippen LogP contribution is -2.16. The van der Waals surface area contributed by atoms with Gasteiger partial charge in [-0.25, -0.2) is 0 Å². The lowest BCUT2D eigenvalue weighted by molar-refractivity contribution is -0.138. The van der Waals surface area contributed by atoms with Gasteiger partial charge in [-0.1, -0.05) is 35.4 Å². The third-order valence-electron chi connectivity index (χ3n) is 6.65. The monoisotopic (exact) mass is 512 g/mol. The molecular weight excluding hydrogens is 484 g/mol. The number of hydrogen-bond acceptors (Lipinski definition) is 7. The van der Waals surface area contributed by atoms with E-state index in [1.807, 2.05) is 78.9 Å². The van der Waals surface area contributed by atoms with E-state index < -0.39 is 11.9 Å². The van der Waals surface area contributed by atoms with Crippen LogP contribution >= 0.6 is 0 Å². The van der Waals surface area contributed by atoms with Crippen molar-refractivity contribution in [1.82, 2.24) is 10.2 Å². The highest BCUT2D eigenvalue weighted by molar-refractivity contribution is 6.00. The van der Waals surface area contributed by atoms with Gasteiger partial charge in [-0.05, 0) is 91.6 Å². The van der Waals surface area contributed by atoms with Gasteiger partial charge in [0, 0.05) is 17.8 Å². The minimum absolute atomic E-state index is 0.0979. The number of nitrogens with one attached hydrogen (secondary N) is 2. The van der Waals surface area contributed by atoms with E-state index in [0.29, 0.717) is 23.0 Å². The molecule has 1 aliphatic carbocycles. The van der Waals surface area contributed by atoms with Gasteiger partial charge in [-0.3, -0.25) is 9.59 Å². The first-order chi connectivity index (χ1) is 18.5. The van der Waals surface area contributed by atoms with Crippen molar-refractivity contribution in [2.24, 2.45) is 5.92 Å². The Kier molecular flexibility index (Phi) is 7.63. The van der Waals surface area contributed by atoms with Crippen LogP contribution in [0.15, 0.2) is 83.3 Å². The summed E-state index contributed by atoms with van der Waals surface area (Å²) in [4.78, 5) is 23.5. The Morgan fingerprint density at radius 1 is 0.842 bits per heavy atom. The van der Waals surface area contributed by atoms with Gasteiger partial charge in [-0.2, -0.15) is 0 Å². The third-order valence-corrected chi connectivity index (χ3v) is 6.65. The van der Waals surface area contributed by atoms with E-state index in [4.69, 9.17) is 14.3 Å². The second-order valence-corrected chi connectivity index (χ2v) is 9.37. The highest BCUT2D eigenvalue weighted by atomic mass is 16.5. The molecule has 5 rings (SSSR count). The molecule has 1 heterocycles. The Morgan fingerprint density at radius 2 is 1.50 bits per heavy atom. The number of amides is 1. The number of aromatic nitrogens is 2. The Labute approximate surface area is 219 Å². The van der Waals surface area contributed by atoms with Crippen LogP contribution in [0.3, 0.4) is 0 Å². The van der Waals surface area contributed by atoms with E-state index in [2.05, 4.69) is 20.8 Å². The van der Waals surface area contributed by atoms with Crippen molar-refractivity contribution in [1.29, 1.82) is 0 Å². The third kappa shape index (κ3) is 6.56. The maximum absolute atomic E-state index is 12.6. The molecule has 0 saturated heterocycles. The number of nitrogens with zero attached hydrogens (tertiary/aromatic N) is 2. The molecule has 4 aromatic rings. The summed E-state index contributed by atoms with van der Waals surface area (Å²) >= 11 is 0. The molecule has 1 amide bonds. The molecule has 194 valence electrons. The number of rotatable bonds is 9. The number of ether oxygens (including phenoxy) is 1. The van der Waals surface area contributed by atoms with E-state index >= 15 is 0 Å². The molecule has 1 saturated carbocycles. The number of benzene rings is 3. The van der Waals surface area contributed by atoms with Crippen LogP contribution in [0, 0.1) is 5.92 Å². The van der Waals surface area contributed by atoms with E-state index in [1.54, 1.807) is 0 Å². The number of para-hydroxylation sites is 1. The van der Waals surface area contributed by atoms with E-state index in [0.717, 1.165) is 31.4 Å². The van der Waals surface area contributed by atoms with Crippen LogP contribution in [0.4, 0.5) is 17.4 Å². The topological polar surface area (TPSA) is 127 Å². The Hall–Kier alpha value is -4.66. The molecule has 0 atom stereocenters. The largest absolute Gasteiger partial charge is 0.481 e. The van der Waals surface area contributed by atoms with Gasteiger partial charge in [0.25, 0.3) is 0 Å². The zero-order chi connectivity index (χ0) is 26.3. The molecular formula is C29H28N4O5. The number of aliphatic carboxylic acids is 1. The average molecular weight is 513 g/mol. The molecule has 0 unspecified atom stereocenters. The van der Waals surface area contributed by atoms with Crippen molar-refractivity contribution >= 4 is 29.3 Å². The lowest BCUT2D eigenvalue weighted by Gasteiger charge is -2.28. The Balaban J connectivity index is 1.12. The standard InChI is InChI=1S/C29H28N4O5/c34-26(35)18-19-6-8-20(9-7-19)21-10-12-22(13-11-21)30-27(36)28-32-33-29(38-28)31-23-14-16-25(17-15-23)37-24-4-2-1-3-5-24/h1-5,10-17,19-20H,6-9,18H2,(H,30,36)(H,31,33)(H,34,35)/t19-,20-. The number of carbonyl (C=O) groups is 2. The van der Waals surface area contributed by atoms with Crippen LogP contribution < -0.4 is 15.4 Å². The predicted molar refractivity (Wildman–Crippen MR) is 142 cm³/mol. The van der Waals surface area contributed by atoms with Crippen molar-refractivity contribution in [2.45, 2.75) is 38.0 Å². The van der Waals surface area contributed by atoms with Crippen LogP contribution in [0.1, 0.15) is 54.3 Å². The van der Waals surface area contributed by atoms with Gasteiger partial charge in [-0.15, -0.1) is 5.10 Å². The number of anilines is 3. The zero-order valence-corrected chi connectivity index (χ0v) is 20.7. The van der Waals surface area contributed by atoms with E-state index in [1.165, 1.54) is 5.56 Å². The molecule has 1 aromatic heterocycles. The number of hydrogen-bond donors (Lipinski definition) is 3. The summed E-state index contributed by atoms with van der Waals surface area (Å²) in [5.74, 6) is 0.731. The van der Waals surface area contributed by atoms with Crippen LogP contribution in [0.2, 0.25) is 0 Å². The fourth-order valence-electron chi connectivity index (χ4n) is 4.69. The first-order valence-corrected chi connectivity index (χ1v) is 12.6. The summed E-state index contributed by atoms with van der Waals surface area (Å²) in [6, 6.07) is 24.5. The molecule has 1 fully saturated rings. The van der Waals surface area contributed by atoms with Gasteiger partial charge in [0.1, 0.15) is 11.5 Å². The molecule has 3 N–H and O–H groups in total. The number of carbonyl (C=O) groups excluding carboxylic acids is 1. The maximum atomic E-state index is 12.6. The minimum atomic E-state index is -0.721. The summed E-state index contributed by atoms with van der Waals surface area (Å²) in [6.45, 7) is 0. The molecule has 1 aliphatic rings. The number of carboxylic acids is 1. The first kappa shape index (κ1) is 25.0. The van der Waals surface area contributed by atoms with Crippen LogP contribution in [0.5, 0.6) is 11.5 Å². The van der Waals surface area contributed by atoms with Crippen LogP contribution in [0.25, 0.3) is 0 Å². The summed E-state index contributed by atoms with van der Waals surface area (Å²) in [7, 11) is 0. The van der Waals surface area contributed by atoms with Crippen molar-refractivity contribution in [2.75, 3.05) is 10.6 Å². The number of carboxylic acid groups (broad SMARTS) is 1. The molecule has 0 aliphatic heterocycles. The van der Waals surface area contributed by atoms with E-state index in [-0.39, 0.29) is 24.2 Å². The fraction of sp³-hybridized carbons (Fsp3) is 0.241. The highest BCUT2D eigenvalue weighted by Crippen LogP contribution is 2.37. The summed E-state index contributed by atoms with van der Waals surface area (Å²) in [5.41, 5.74) is 2.52. The van der Waals surface area contributed by atoms with Gasteiger partial charge in [0.2, 0.25) is 0 Å². The maximum Gasteiger partial charge on any atom is 0.320 e. The highest BCUT2D eigenvalue weighted by Gasteiger charge is 2.24. The van der Waals surface area contributed by atoms with Gasteiger partial charge >= 0.3 is 23.8 Å². The van der Waals surface area contributed by atoms with Crippen molar-refractivity contribution < 1.29 is 23.8 Å². The lowest BCUT2D eigenvalue weighted by atomic mass is 9.77. The molecule has 3 aromatic carbocycles. The van der Waals surface area contributed by atoms with Gasteiger partial charge in [0.15, 0.2) is 0 Å². The summed E-state index contributed by atoms with van der Waals surface area (Å²) in [6.07, 6.45) is 4.05. The zero-order valence-electron chi connectivity index (χ0n) is 20.7. The van der Waals surface area contributed by atoms with Crippen molar-refractivity contribution in [3.8, 4) is 11.5 Å². The molecule has 0 bridgehead atoms. The predicted octanol–water partition coefficient (Wildman–Crippen LogP) is 6.61. The summed E-state index contributed by atoms with van der Waals surface area (Å²) < 4.78 is 11.3. The second kappa shape index (κ2) is 11.6.